The second kappa shape index (κ2) is 4.60. The van der Waals surface area contributed by atoms with Crippen LogP contribution in [-0.4, -0.2) is 5.21 Å². The molecule has 1 heterocycles. The van der Waals surface area contributed by atoms with Crippen LogP contribution < -0.4 is 5.90 Å². The van der Waals surface area contributed by atoms with Crippen LogP contribution in [0.5, 0.6) is 0 Å². The van der Waals surface area contributed by atoms with Crippen LogP contribution in [0.2, 0.25) is 0 Å². The second-order valence-electron chi connectivity index (χ2n) is 3.03. The van der Waals surface area contributed by atoms with E-state index in [-0.39, 0.29) is 0 Å². The SMILES string of the molecule is Cc1csc2c1CCCC2.NO. The van der Waals surface area contributed by atoms with Gasteiger partial charge in [-0.2, -0.15) is 0 Å². The molecule has 2 rings (SSSR count). The first-order valence-corrected chi connectivity index (χ1v) is 5.07. The predicted molar refractivity (Wildman–Crippen MR) is 51.7 cm³/mol. The maximum atomic E-state index is 6.50. The van der Waals surface area contributed by atoms with Crippen molar-refractivity contribution >= 4 is 11.3 Å². The zero-order chi connectivity index (χ0) is 8.97. The Morgan fingerprint density at radius 2 is 2.00 bits per heavy atom. The van der Waals surface area contributed by atoms with Crippen LogP contribution in [0.3, 0.4) is 0 Å². The minimum Gasteiger partial charge on any atom is -0.320 e. The molecule has 0 aromatic carbocycles. The third kappa shape index (κ3) is 1.86. The number of hydrogen-bond acceptors (Lipinski definition) is 3. The number of nitrogens with two attached hydrogens (primary N) is 1. The van der Waals surface area contributed by atoms with Gasteiger partial charge < -0.3 is 5.21 Å². The first kappa shape index (κ1) is 9.71. The molecule has 0 fully saturated rings. The number of aryl methyl sites for hydroxylation is 2. The maximum Gasteiger partial charge on any atom is 0.00799 e. The highest BCUT2D eigenvalue weighted by molar-refractivity contribution is 7.10. The minimum absolute atomic E-state index is 1.34. The fraction of sp³-hybridized carbons (Fsp3) is 0.556. The summed E-state index contributed by atoms with van der Waals surface area (Å²) < 4.78 is 0. The van der Waals surface area contributed by atoms with E-state index in [9.17, 15) is 0 Å². The Kier molecular flexibility index (Phi) is 3.72. The van der Waals surface area contributed by atoms with Crippen molar-refractivity contribution < 1.29 is 5.21 Å². The zero-order valence-electron chi connectivity index (χ0n) is 7.34. The Bertz CT molecular complexity index is 245. The number of rotatable bonds is 0. The number of thiophene rings is 1. The van der Waals surface area contributed by atoms with Crippen LogP contribution in [0, 0.1) is 6.92 Å². The van der Waals surface area contributed by atoms with Gasteiger partial charge in [0.2, 0.25) is 0 Å². The van der Waals surface area contributed by atoms with Crippen molar-refractivity contribution in [1.29, 1.82) is 0 Å². The van der Waals surface area contributed by atoms with Crippen LogP contribution in [0.1, 0.15) is 28.8 Å². The van der Waals surface area contributed by atoms with E-state index in [1.807, 2.05) is 11.3 Å². The van der Waals surface area contributed by atoms with Gasteiger partial charge in [0.15, 0.2) is 0 Å². The summed E-state index contributed by atoms with van der Waals surface area (Å²) in [7, 11) is 0. The highest BCUT2D eigenvalue weighted by atomic mass is 32.1. The average molecular weight is 185 g/mol. The van der Waals surface area contributed by atoms with Crippen LogP contribution in [0.15, 0.2) is 5.38 Å². The summed E-state index contributed by atoms with van der Waals surface area (Å²) in [5.74, 6) is 3.50. The van der Waals surface area contributed by atoms with Crippen LogP contribution in [-0.2, 0) is 12.8 Å². The molecule has 12 heavy (non-hydrogen) atoms. The second-order valence-corrected chi connectivity index (χ2v) is 3.99. The molecule has 1 aromatic heterocycles. The molecule has 0 amide bonds. The summed E-state index contributed by atoms with van der Waals surface area (Å²) >= 11 is 1.95. The molecule has 1 aliphatic rings. The molecule has 2 nitrogen and oxygen atoms in total. The molecule has 0 aliphatic heterocycles. The van der Waals surface area contributed by atoms with E-state index in [4.69, 9.17) is 5.21 Å². The van der Waals surface area contributed by atoms with Crippen molar-refractivity contribution in [1.82, 2.24) is 0 Å². The first-order chi connectivity index (χ1) is 5.88. The summed E-state index contributed by atoms with van der Waals surface area (Å²) in [5.41, 5.74) is 3.19. The van der Waals surface area contributed by atoms with Gasteiger partial charge in [-0.05, 0) is 49.1 Å². The Morgan fingerprint density at radius 3 is 2.67 bits per heavy atom. The summed E-state index contributed by atoms with van der Waals surface area (Å²) in [4.78, 5) is 1.66. The molecular weight excluding hydrogens is 170 g/mol. The Labute approximate surface area is 77.0 Å². The topological polar surface area (TPSA) is 46.2 Å². The van der Waals surface area contributed by atoms with Crippen LogP contribution in [0.25, 0.3) is 0 Å². The van der Waals surface area contributed by atoms with E-state index >= 15 is 0 Å². The van der Waals surface area contributed by atoms with Gasteiger partial charge in [-0.1, -0.05) is 0 Å². The fourth-order valence-corrected chi connectivity index (χ4v) is 2.78. The van der Waals surface area contributed by atoms with Crippen molar-refractivity contribution in [2.45, 2.75) is 32.6 Å². The molecule has 1 aromatic rings. The third-order valence-corrected chi connectivity index (χ3v) is 3.48. The lowest BCUT2D eigenvalue weighted by atomic mass is 9.97. The lowest BCUT2D eigenvalue weighted by Crippen LogP contribution is -1.98. The normalized spacial score (nSPS) is 14.6. The molecule has 3 heteroatoms. The molecule has 0 unspecified atom stereocenters. The van der Waals surface area contributed by atoms with E-state index in [1.54, 1.807) is 10.4 Å². The Balaban J connectivity index is 0.000000336. The maximum absolute atomic E-state index is 6.50. The van der Waals surface area contributed by atoms with Crippen molar-refractivity contribution in [2.24, 2.45) is 5.90 Å². The molecule has 0 spiro atoms. The summed E-state index contributed by atoms with van der Waals surface area (Å²) in [6.07, 6.45) is 5.50. The third-order valence-electron chi connectivity index (χ3n) is 2.27. The van der Waals surface area contributed by atoms with Crippen molar-refractivity contribution in [3.05, 3.63) is 21.4 Å². The molecule has 0 radical (unpaired) electrons. The molecule has 1 aliphatic carbocycles. The van der Waals surface area contributed by atoms with Gasteiger partial charge in [-0.25, -0.2) is 5.90 Å². The molecule has 0 bridgehead atoms. The summed E-state index contributed by atoms with van der Waals surface area (Å²) in [6, 6.07) is 0. The predicted octanol–water partition coefficient (Wildman–Crippen LogP) is 2.27. The van der Waals surface area contributed by atoms with E-state index in [0.717, 1.165) is 0 Å². The van der Waals surface area contributed by atoms with Gasteiger partial charge in [0.25, 0.3) is 0 Å². The summed E-state index contributed by atoms with van der Waals surface area (Å²) in [6.45, 7) is 2.24. The fourth-order valence-electron chi connectivity index (χ4n) is 1.66. The highest BCUT2D eigenvalue weighted by Gasteiger charge is 2.12. The largest absolute Gasteiger partial charge is 0.320 e. The quantitative estimate of drug-likeness (QED) is 0.609. The Hall–Kier alpha value is -0.380. The average Bonchev–Trinajstić information content (AvgIpc) is 2.53. The molecule has 0 atom stereocenters. The monoisotopic (exact) mass is 185 g/mol. The van der Waals surface area contributed by atoms with E-state index in [2.05, 4.69) is 18.2 Å². The lowest BCUT2D eigenvalue weighted by Gasteiger charge is -2.10. The molecule has 68 valence electrons. The van der Waals surface area contributed by atoms with Gasteiger partial charge in [0.05, 0.1) is 0 Å². The molecule has 3 N–H and O–H groups in total. The van der Waals surface area contributed by atoms with Crippen molar-refractivity contribution in [2.75, 3.05) is 0 Å². The highest BCUT2D eigenvalue weighted by Crippen LogP contribution is 2.29. The van der Waals surface area contributed by atoms with Gasteiger partial charge in [0, 0.05) is 4.88 Å². The van der Waals surface area contributed by atoms with Crippen molar-refractivity contribution in [3.8, 4) is 0 Å². The molecule has 0 saturated carbocycles. The standard InChI is InChI=1S/C9H12S.H3NO/c1-7-6-10-9-5-3-2-4-8(7)9;1-2/h6H,2-5H2,1H3;2H,1H2. The molecule has 0 saturated heterocycles. The minimum atomic E-state index is 1.34. The zero-order valence-corrected chi connectivity index (χ0v) is 8.16. The van der Waals surface area contributed by atoms with E-state index < -0.39 is 0 Å². The van der Waals surface area contributed by atoms with Gasteiger partial charge in [0.1, 0.15) is 0 Å². The number of fused-ring (bicyclic) bond motifs is 1. The van der Waals surface area contributed by atoms with Crippen LogP contribution >= 0.6 is 11.3 Å². The number of hydrogen-bond donors (Lipinski definition) is 2. The molecular formula is C9H15NOS. The first-order valence-electron chi connectivity index (χ1n) is 4.19. The van der Waals surface area contributed by atoms with E-state index in [1.165, 1.54) is 31.2 Å². The van der Waals surface area contributed by atoms with Gasteiger partial charge in [-0.15, -0.1) is 11.3 Å². The van der Waals surface area contributed by atoms with E-state index in [0.29, 0.717) is 0 Å². The van der Waals surface area contributed by atoms with Crippen LogP contribution in [0.4, 0.5) is 0 Å². The van der Waals surface area contributed by atoms with Crippen molar-refractivity contribution in [3.63, 3.8) is 0 Å². The summed E-state index contributed by atoms with van der Waals surface area (Å²) in [5, 5.41) is 8.80. The van der Waals surface area contributed by atoms with Gasteiger partial charge >= 0.3 is 0 Å². The Morgan fingerprint density at radius 1 is 1.33 bits per heavy atom. The van der Waals surface area contributed by atoms with Gasteiger partial charge in [-0.3, -0.25) is 0 Å². The smallest absolute Gasteiger partial charge is 0.00799 e. The lowest BCUT2D eigenvalue weighted by molar-refractivity contribution is 0.311.